The number of aliphatic hydroxyl groups is 1. The van der Waals surface area contributed by atoms with Crippen LogP contribution in [0, 0.1) is 5.92 Å². The monoisotopic (exact) mass is 338 g/mol. The number of aromatic amines is 1. The topological polar surface area (TPSA) is 82.2 Å². The summed E-state index contributed by atoms with van der Waals surface area (Å²) in [6, 6.07) is 7.91. The average molecular weight is 339 g/mol. The average Bonchev–Trinajstić information content (AvgIpc) is 3.17. The van der Waals surface area contributed by atoms with Crippen LogP contribution in [0.3, 0.4) is 0 Å². The summed E-state index contributed by atoms with van der Waals surface area (Å²) >= 11 is 0. The molecule has 1 saturated heterocycles. The third kappa shape index (κ3) is 4.23. The van der Waals surface area contributed by atoms with E-state index in [2.05, 4.69) is 20.8 Å². The summed E-state index contributed by atoms with van der Waals surface area (Å²) in [6.07, 6.45) is 1.59. The van der Waals surface area contributed by atoms with Gasteiger partial charge in [0.05, 0.1) is 25.1 Å². The number of aromatic nitrogens is 2. The molecule has 2 heterocycles. The first-order chi connectivity index (χ1) is 10.8. The minimum Gasteiger partial charge on any atom is -0.497 e. The van der Waals surface area contributed by atoms with Crippen LogP contribution in [0.25, 0.3) is 11.3 Å². The molecule has 1 aromatic carbocycles. The van der Waals surface area contributed by atoms with E-state index in [1.54, 1.807) is 7.11 Å². The number of aliphatic hydroxyl groups excluding tert-OH is 1. The number of methoxy groups -OCH3 is 1. The van der Waals surface area contributed by atoms with Crippen LogP contribution in [0.4, 0.5) is 0 Å². The molecule has 2 aromatic rings. The number of nitrogens with one attached hydrogen (secondary N) is 3. The van der Waals surface area contributed by atoms with Gasteiger partial charge in [0.2, 0.25) is 0 Å². The Morgan fingerprint density at radius 2 is 2.09 bits per heavy atom. The second kappa shape index (κ2) is 8.31. The summed E-state index contributed by atoms with van der Waals surface area (Å²) in [4.78, 5) is 0. The van der Waals surface area contributed by atoms with Gasteiger partial charge in [-0.2, -0.15) is 5.10 Å². The van der Waals surface area contributed by atoms with Gasteiger partial charge in [-0.1, -0.05) is 0 Å². The number of hydrogen-bond acceptors (Lipinski definition) is 5. The predicted octanol–water partition coefficient (Wildman–Crippen LogP) is 1.18. The quantitative estimate of drug-likeness (QED) is 0.636. The minimum atomic E-state index is -0.252. The smallest absolute Gasteiger partial charge is 0.118 e. The molecule has 0 bridgehead atoms. The predicted molar refractivity (Wildman–Crippen MR) is 91.9 cm³/mol. The Hall–Kier alpha value is -1.60. The van der Waals surface area contributed by atoms with Crippen molar-refractivity contribution in [2.45, 2.75) is 12.6 Å². The van der Waals surface area contributed by atoms with Crippen molar-refractivity contribution in [3.63, 3.8) is 0 Å². The number of nitrogens with zero attached hydrogens (tertiary/aromatic N) is 1. The maximum absolute atomic E-state index is 9.80. The molecule has 2 atom stereocenters. The number of β-amino-alcohol motifs (C(OH)–C–C–N with tert-alkyl or cyclic N) is 1. The highest BCUT2D eigenvalue weighted by Crippen LogP contribution is 2.23. The van der Waals surface area contributed by atoms with Crippen molar-refractivity contribution in [2.24, 2.45) is 5.92 Å². The number of benzene rings is 1. The molecule has 7 heteroatoms. The number of ether oxygens (including phenoxy) is 1. The molecule has 23 heavy (non-hydrogen) atoms. The number of halogens is 1. The number of H-pyrrole nitrogens is 1. The molecule has 1 aliphatic rings. The third-order valence-electron chi connectivity index (χ3n) is 4.12. The van der Waals surface area contributed by atoms with E-state index in [1.165, 1.54) is 0 Å². The maximum Gasteiger partial charge on any atom is 0.118 e. The number of rotatable bonds is 6. The zero-order valence-corrected chi connectivity index (χ0v) is 13.9. The summed E-state index contributed by atoms with van der Waals surface area (Å²) in [5, 5.41) is 23.6. The molecule has 6 nitrogen and oxygen atoms in total. The molecule has 1 aliphatic heterocycles. The van der Waals surface area contributed by atoms with Crippen molar-refractivity contribution >= 4 is 12.4 Å². The number of hydrogen-bond donors (Lipinski definition) is 4. The standard InChI is InChI=1S/C16H22N4O2.ClH/c1-22-14-4-2-11(3-5-14)16-13(9-19-20-16)8-17-6-12-7-18-10-15(12)21;/h2-5,9,12,15,17-18,21H,6-8,10H2,1H3,(H,19,20);1H. The fraction of sp³-hybridized carbons (Fsp3) is 0.438. The molecule has 1 fully saturated rings. The molecular weight excluding hydrogens is 316 g/mol. The fourth-order valence-corrected chi connectivity index (χ4v) is 2.77. The normalized spacial score (nSPS) is 20.3. The van der Waals surface area contributed by atoms with Gasteiger partial charge in [0, 0.05) is 43.2 Å². The van der Waals surface area contributed by atoms with Gasteiger partial charge in [0.25, 0.3) is 0 Å². The summed E-state index contributed by atoms with van der Waals surface area (Å²) in [5.74, 6) is 1.11. The highest BCUT2D eigenvalue weighted by atomic mass is 35.5. The molecule has 4 N–H and O–H groups in total. The highest BCUT2D eigenvalue weighted by molar-refractivity contribution is 5.85. The minimum absolute atomic E-state index is 0. The van der Waals surface area contributed by atoms with Gasteiger partial charge < -0.3 is 20.5 Å². The van der Waals surface area contributed by atoms with E-state index in [0.717, 1.165) is 42.2 Å². The van der Waals surface area contributed by atoms with Crippen molar-refractivity contribution in [2.75, 3.05) is 26.7 Å². The zero-order valence-electron chi connectivity index (χ0n) is 13.1. The molecule has 3 rings (SSSR count). The molecule has 126 valence electrons. The first-order valence-corrected chi connectivity index (χ1v) is 7.54. The van der Waals surface area contributed by atoms with Crippen LogP contribution in [0.5, 0.6) is 5.75 Å². The molecule has 0 amide bonds. The van der Waals surface area contributed by atoms with Gasteiger partial charge in [-0.15, -0.1) is 12.4 Å². The zero-order chi connectivity index (χ0) is 15.4. The molecule has 0 spiro atoms. The van der Waals surface area contributed by atoms with Gasteiger partial charge in [-0.3, -0.25) is 5.10 Å². The fourth-order valence-electron chi connectivity index (χ4n) is 2.77. The Morgan fingerprint density at radius 3 is 2.74 bits per heavy atom. The van der Waals surface area contributed by atoms with Crippen molar-refractivity contribution in [1.82, 2.24) is 20.8 Å². The van der Waals surface area contributed by atoms with E-state index in [9.17, 15) is 5.11 Å². The van der Waals surface area contributed by atoms with Crippen LogP contribution < -0.4 is 15.4 Å². The van der Waals surface area contributed by atoms with Crippen molar-refractivity contribution in [3.8, 4) is 17.0 Å². The van der Waals surface area contributed by atoms with Crippen LogP contribution in [0.1, 0.15) is 5.56 Å². The molecule has 1 aromatic heterocycles. The first kappa shape index (κ1) is 17.7. The lowest BCUT2D eigenvalue weighted by Crippen LogP contribution is -2.30. The molecule has 0 saturated carbocycles. The van der Waals surface area contributed by atoms with Crippen LogP contribution in [-0.4, -0.2) is 48.2 Å². The van der Waals surface area contributed by atoms with E-state index in [1.807, 2.05) is 30.5 Å². The van der Waals surface area contributed by atoms with E-state index >= 15 is 0 Å². The molecular formula is C16H23ClN4O2. The van der Waals surface area contributed by atoms with Gasteiger partial charge >= 0.3 is 0 Å². The Kier molecular flexibility index (Phi) is 6.41. The van der Waals surface area contributed by atoms with E-state index in [0.29, 0.717) is 6.54 Å². The van der Waals surface area contributed by atoms with Gasteiger partial charge in [0.1, 0.15) is 5.75 Å². The lowest BCUT2D eigenvalue weighted by atomic mass is 10.1. The van der Waals surface area contributed by atoms with Crippen LogP contribution >= 0.6 is 12.4 Å². The lowest BCUT2D eigenvalue weighted by molar-refractivity contribution is 0.146. The second-order valence-corrected chi connectivity index (χ2v) is 5.62. The molecule has 2 unspecified atom stereocenters. The first-order valence-electron chi connectivity index (χ1n) is 7.54. The van der Waals surface area contributed by atoms with Gasteiger partial charge in [0.15, 0.2) is 0 Å². The second-order valence-electron chi connectivity index (χ2n) is 5.62. The van der Waals surface area contributed by atoms with Crippen LogP contribution in [0.2, 0.25) is 0 Å². The molecule has 0 radical (unpaired) electrons. The van der Waals surface area contributed by atoms with Gasteiger partial charge in [-0.05, 0) is 24.3 Å². The third-order valence-corrected chi connectivity index (χ3v) is 4.12. The Balaban J connectivity index is 0.00000192. The van der Waals surface area contributed by atoms with E-state index < -0.39 is 0 Å². The largest absolute Gasteiger partial charge is 0.497 e. The highest BCUT2D eigenvalue weighted by Gasteiger charge is 2.24. The lowest BCUT2D eigenvalue weighted by Gasteiger charge is -2.14. The van der Waals surface area contributed by atoms with Crippen LogP contribution in [0.15, 0.2) is 30.5 Å². The Bertz CT molecular complexity index is 602. The summed E-state index contributed by atoms with van der Waals surface area (Å²) in [7, 11) is 1.66. The van der Waals surface area contributed by atoms with Crippen molar-refractivity contribution in [1.29, 1.82) is 0 Å². The SMILES string of the molecule is COc1ccc(-c2[nH]ncc2CNCC2CNCC2O)cc1.Cl. The van der Waals surface area contributed by atoms with Crippen molar-refractivity contribution in [3.05, 3.63) is 36.0 Å². The van der Waals surface area contributed by atoms with Crippen LogP contribution in [-0.2, 0) is 6.54 Å². The Labute approximate surface area is 142 Å². The van der Waals surface area contributed by atoms with Gasteiger partial charge in [-0.25, -0.2) is 0 Å². The summed E-state index contributed by atoms with van der Waals surface area (Å²) < 4.78 is 5.18. The van der Waals surface area contributed by atoms with E-state index in [-0.39, 0.29) is 24.4 Å². The van der Waals surface area contributed by atoms with E-state index in [4.69, 9.17) is 4.74 Å². The molecule has 0 aliphatic carbocycles. The summed E-state index contributed by atoms with van der Waals surface area (Å²) in [5.41, 5.74) is 3.21. The van der Waals surface area contributed by atoms with Crippen molar-refractivity contribution < 1.29 is 9.84 Å². The Morgan fingerprint density at radius 1 is 1.30 bits per heavy atom. The summed E-state index contributed by atoms with van der Waals surface area (Å²) in [6.45, 7) is 3.07. The maximum atomic E-state index is 9.80.